The summed E-state index contributed by atoms with van der Waals surface area (Å²) < 4.78 is 28.9. The second-order valence-electron chi connectivity index (χ2n) is 6.86. The normalized spacial score (nSPS) is 17.8. The van der Waals surface area contributed by atoms with Crippen molar-refractivity contribution in [2.24, 2.45) is 0 Å². The van der Waals surface area contributed by atoms with E-state index in [1.54, 1.807) is 19.2 Å². The molecule has 1 saturated heterocycles. The molecule has 0 aliphatic carbocycles. The molecule has 1 aliphatic heterocycles. The van der Waals surface area contributed by atoms with Crippen molar-refractivity contribution in [1.29, 1.82) is 0 Å². The molecular formula is C20H22F2N2O2. The van der Waals surface area contributed by atoms with Gasteiger partial charge in [-0.05, 0) is 37.5 Å². The van der Waals surface area contributed by atoms with Gasteiger partial charge >= 0.3 is 0 Å². The van der Waals surface area contributed by atoms with E-state index in [1.807, 2.05) is 37.3 Å². The average molecular weight is 360 g/mol. The summed E-state index contributed by atoms with van der Waals surface area (Å²) in [6, 6.07) is 10.9. The minimum absolute atomic E-state index is 0.0204. The third-order valence-corrected chi connectivity index (χ3v) is 4.92. The number of halogens is 2. The molecule has 1 amide bonds. The molecular weight excluding hydrogens is 338 g/mol. The fourth-order valence-electron chi connectivity index (χ4n) is 3.40. The minimum atomic E-state index is -2.90. The van der Waals surface area contributed by atoms with Gasteiger partial charge in [-0.2, -0.15) is 0 Å². The first-order valence-corrected chi connectivity index (χ1v) is 8.74. The van der Waals surface area contributed by atoms with Crippen LogP contribution in [0.2, 0.25) is 0 Å². The van der Waals surface area contributed by atoms with E-state index in [1.165, 1.54) is 4.57 Å². The van der Waals surface area contributed by atoms with Gasteiger partial charge in [-0.25, -0.2) is 8.78 Å². The molecule has 1 aromatic carbocycles. The Morgan fingerprint density at radius 3 is 2.54 bits per heavy atom. The average Bonchev–Trinajstić information content (AvgIpc) is 2.61. The maximum Gasteiger partial charge on any atom is 0.265 e. The number of hydrogen-bond acceptors (Lipinski definition) is 2. The number of hydrogen-bond donors (Lipinski definition) is 0. The zero-order valence-electron chi connectivity index (χ0n) is 14.9. The van der Waals surface area contributed by atoms with Gasteiger partial charge in [0, 0.05) is 19.2 Å². The van der Waals surface area contributed by atoms with Gasteiger partial charge in [0.1, 0.15) is 5.56 Å². The molecule has 0 bridgehead atoms. The van der Waals surface area contributed by atoms with Crippen molar-refractivity contribution in [3.63, 3.8) is 0 Å². The van der Waals surface area contributed by atoms with Crippen molar-refractivity contribution in [3.8, 4) is 0 Å². The molecule has 2 aromatic rings. The van der Waals surface area contributed by atoms with Gasteiger partial charge in [-0.15, -0.1) is 0 Å². The lowest BCUT2D eigenvalue weighted by Gasteiger charge is -2.32. The summed E-state index contributed by atoms with van der Waals surface area (Å²) >= 11 is 0. The van der Waals surface area contributed by atoms with Crippen LogP contribution >= 0.6 is 0 Å². The molecule has 0 radical (unpaired) electrons. The van der Waals surface area contributed by atoms with Crippen LogP contribution in [0.25, 0.3) is 0 Å². The molecule has 1 aliphatic rings. The number of alkyl halides is 2. The Balaban J connectivity index is 1.98. The van der Waals surface area contributed by atoms with Gasteiger partial charge in [0.25, 0.3) is 17.4 Å². The third-order valence-electron chi connectivity index (χ3n) is 4.92. The second kappa shape index (κ2) is 7.02. The summed E-state index contributed by atoms with van der Waals surface area (Å²) in [7, 11) is 0. The molecule has 0 saturated carbocycles. The van der Waals surface area contributed by atoms with Crippen LogP contribution in [0.4, 0.5) is 8.78 Å². The first-order chi connectivity index (χ1) is 12.3. The summed E-state index contributed by atoms with van der Waals surface area (Å²) in [6.45, 7) is 3.15. The van der Waals surface area contributed by atoms with Crippen molar-refractivity contribution in [3.05, 3.63) is 69.6 Å². The molecule has 4 nitrogen and oxygen atoms in total. The van der Waals surface area contributed by atoms with Crippen LogP contribution in [-0.4, -0.2) is 34.4 Å². The minimum Gasteiger partial charge on any atom is -0.332 e. The molecule has 1 aromatic heterocycles. The predicted octanol–water partition coefficient (Wildman–Crippen LogP) is 3.64. The SMILES string of the molecule is Cc1ccn(C(C)c2ccccc2)c(=O)c1C(=O)N1CCCC(F)(F)C1. The summed E-state index contributed by atoms with van der Waals surface area (Å²) in [5, 5.41) is 0. The highest BCUT2D eigenvalue weighted by atomic mass is 19.3. The lowest BCUT2D eigenvalue weighted by atomic mass is 10.0. The smallest absolute Gasteiger partial charge is 0.265 e. The fourth-order valence-corrected chi connectivity index (χ4v) is 3.40. The number of aryl methyl sites for hydroxylation is 1. The molecule has 1 atom stereocenters. The van der Waals surface area contributed by atoms with E-state index in [4.69, 9.17) is 0 Å². The molecule has 1 fully saturated rings. The van der Waals surface area contributed by atoms with Gasteiger partial charge in [0.15, 0.2) is 0 Å². The largest absolute Gasteiger partial charge is 0.332 e. The number of likely N-dealkylation sites (tertiary alicyclic amines) is 1. The highest BCUT2D eigenvalue weighted by molar-refractivity contribution is 5.95. The van der Waals surface area contributed by atoms with Gasteiger partial charge in [-0.1, -0.05) is 30.3 Å². The first-order valence-electron chi connectivity index (χ1n) is 8.74. The maximum absolute atomic E-state index is 13.7. The highest BCUT2D eigenvalue weighted by Gasteiger charge is 2.38. The van der Waals surface area contributed by atoms with Crippen LogP contribution in [0.3, 0.4) is 0 Å². The predicted molar refractivity (Wildman–Crippen MR) is 95.8 cm³/mol. The van der Waals surface area contributed by atoms with E-state index in [2.05, 4.69) is 0 Å². The Morgan fingerprint density at radius 2 is 1.88 bits per heavy atom. The monoisotopic (exact) mass is 360 g/mol. The lowest BCUT2D eigenvalue weighted by molar-refractivity contribution is -0.0561. The Labute approximate surface area is 151 Å². The number of amides is 1. The molecule has 6 heteroatoms. The van der Waals surface area contributed by atoms with Gasteiger partial charge in [0.2, 0.25) is 0 Å². The number of nitrogens with zero attached hydrogens (tertiary/aromatic N) is 2. The van der Waals surface area contributed by atoms with Gasteiger partial charge < -0.3 is 9.47 Å². The Kier molecular flexibility index (Phi) is 4.94. The number of aromatic nitrogens is 1. The zero-order chi connectivity index (χ0) is 18.9. The number of carbonyl (C=O) groups is 1. The van der Waals surface area contributed by atoms with Crippen LogP contribution in [0.1, 0.15) is 47.3 Å². The Hall–Kier alpha value is -2.50. The standard InChI is InChI=1S/C20H22F2N2O2/c1-14-9-12-24(15(2)16-7-4-3-5-8-16)19(26)17(14)18(25)23-11-6-10-20(21,22)13-23/h3-5,7-9,12,15H,6,10-11,13H2,1-2H3. The van der Waals surface area contributed by atoms with Crippen LogP contribution < -0.4 is 5.56 Å². The summed E-state index contributed by atoms with van der Waals surface area (Å²) in [4.78, 5) is 26.9. The van der Waals surface area contributed by atoms with E-state index in [0.717, 1.165) is 10.5 Å². The number of piperidine rings is 1. The van der Waals surface area contributed by atoms with Crippen molar-refractivity contribution < 1.29 is 13.6 Å². The van der Waals surface area contributed by atoms with E-state index in [0.29, 0.717) is 5.56 Å². The van der Waals surface area contributed by atoms with Gasteiger partial charge in [0.05, 0.1) is 12.6 Å². The number of pyridine rings is 1. The number of benzene rings is 1. The van der Waals surface area contributed by atoms with E-state index in [-0.39, 0.29) is 31.0 Å². The summed E-state index contributed by atoms with van der Waals surface area (Å²) in [6.07, 6.45) is 1.66. The zero-order valence-corrected chi connectivity index (χ0v) is 14.9. The fraction of sp³-hybridized carbons (Fsp3) is 0.400. The van der Waals surface area contributed by atoms with Crippen molar-refractivity contribution in [2.75, 3.05) is 13.1 Å². The van der Waals surface area contributed by atoms with E-state index in [9.17, 15) is 18.4 Å². The quantitative estimate of drug-likeness (QED) is 0.839. The van der Waals surface area contributed by atoms with E-state index >= 15 is 0 Å². The molecule has 26 heavy (non-hydrogen) atoms. The summed E-state index contributed by atoms with van der Waals surface area (Å²) in [5.41, 5.74) is 0.972. The first kappa shape index (κ1) is 18.3. The molecule has 3 rings (SSSR count). The highest BCUT2D eigenvalue weighted by Crippen LogP contribution is 2.27. The summed E-state index contributed by atoms with van der Waals surface area (Å²) in [5.74, 6) is -3.51. The molecule has 2 heterocycles. The Morgan fingerprint density at radius 1 is 1.19 bits per heavy atom. The van der Waals surface area contributed by atoms with Crippen LogP contribution in [0.15, 0.2) is 47.4 Å². The lowest BCUT2D eigenvalue weighted by Crippen LogP contribution is -2.47. The molecule has 138 valence electrons. The van der Waals surface area contributed by atoms with Crippen LogP contribution in [0.5, 0.6) is 0 Å². The molecule has 0 spiro atoms. The van der Waals surface area contributed by atoms with Crippen molar-refractivity contribution in [2.45, 2.75) is 38.7 Å². The van der Waals surface area contributed by atoms with Crippen molar-refractivity contribution >= 4 is 5.91 Å². The van der Waals surface area contributed by atoms with Gasteiger partial charge in [-0.3, -0.25) is 9.59 Å². The Bertz CT molecular complexity index is 862. The number of rotatable bonds is 3. The molecule has 1 unspecified atom stereocenters. The second-order valence-corrected chi connectivity index (χ2v) is 6.86. The van der Waals surface area contributed by atoms with Crippen LogP contribution in [-0.2, 0) is 0 Å². The number of carbonyl (C=O) groups excluding carboxylic acids is 1. The van der Waals surface area contributed by atoms with E-state index < -0.39 is 23.9 Å². The third kappa shape index (κ3) is 3.54. The topological polar surface area (TPSA) is 42.3 Å². The maximum atomic E-state index is 13.7. The molecule has 0 N–H and O–H groups in total. The van der Waals surface area contributed by atoms with Crippen LogP contribution in [0, 0.1) is 6.92 Å². The van der Waals surface area contributed by atoms with Crippen molar-refractivity contribution in [1.82, 2.24) is 9.47 Å².